The molecule has 6 aromatic carbocycles. The third-order valence-electron chi connectivity index (χ3n) is 11.8. The summed E-state index contributed by atoms with van der Waals surface area (Å²) >= 11 is 0. The molecule has 0 N–H and O–H groups in total. The van der Waals surface area contributed by atoms with E-state index in [9.17, 15) is 0 Å². The van der Waals surface area contributed by atoms with Crippen LogP contribution >= 0.6 is 15.8 Å². The van der Waals surface area contributed by atoms with Gasteiger partial charge in [0.2, 0.25) is 0 Å². The molecule has 0 amide bonds. The van der Waals surface area contributed by atoms with E-state index in [4.69, 9.17) is 0 Å². The summed E-state index contributed by atoms with van der Waals surface area (Å²) in [5.74, 6) is 0.354. The monoisotopic (exact) mass is 878 g/mol. The molecule has 6 aromatic rings. The first-order valence-electron chi connectivity index (χ1n) is 21.2. The summed E-state index contributed by atoms with van der Waals surface area (Å²) < 4.78 is 0. The second kappa shape index (κ2) is 21.6. The third-order valence-corrected chi connectivity index (χ3v) is 17.6. The number of benzene rings is 6. The predicted molar refractivity (Wildman–Crippen MR) is 264 cm³/mol. The SMILES string of the molecule is Cc1ccccc1P(C1=CC=CC1[C@@H](c1ccccc1)N(C)C)c1ccccc1C.Cc1ccccc1P(C1=CCC=C1[C@@H](c1ccccc1)N(C)C)c1ccccc1C.[Fe]. The molecular formula is C56H60FeN2P2. The van der Waals surface area contributed by atoms with Gasteiger partial charge in [0.05, 0.1) is 6.04 Å². The normalized spacial score (nSPS) is 15.5. The molecular weight excluding hydrogens is 818 g/mol. The van der Waals surface area contributed by atoms with E-state index in [1.807, 2.05) is 0 Å². The van der Waals surface area contributed by atoms with Gasteiger partial charge in [-0.1, -0.05) is 188 Å². The first kappa shape index (κ1) is 46.1. The van der Waals surface area contributed by atoms with Crippen molar-refractivity contribution in [3.05, 3.63) is 238 Å². The number of allylic oxidation sites excluding steroid dienone is 4. The van der Waals surface area contributed by atoms with Crippen LogP contribution in [0.1, 0.15) is 51.9 Å². The topological polar surface area (TPSA) is 6.48 Å². The van der Waals surface area contributed by atoms with Crippen molar-refractivity contribution >= 4 is 37.1 Å². The van der Waals surface area contributed by atoms with Crippen molar-refractivity contribution in [3.8, 4) is 0 Å². The van der Waals surface area contributed by atoms with Crippen LogP contribution in [-0.2, 0) is 17.1 Å². The molecule has 0 fully saturated rings. The van der Waals surface area contributed by atoms with Crippen molar-refractivity contribution < 1.29 is 17.1 Å². The quantitative estimate of drug-likeness (QED) is 0.0893. The molecule has 61 heavy (non-hydrogen) atoms. The molecule has 0 radical (unpaired) electrons. The zero-order valence-electron chi connectivity index (χ0n) is 37.0. The summed E-state index contributed by atoms with van der Waals surface area (Å²) in [5.41, 5.74) is 9.68. The van der Waals surface area contributed by atoms with Gasteiger partial charge in [-0.05, 0) is 149 Å². The fraction of sp³-hybridized carbons (Fsp3) is 0.214. The largest absolute Gasteiger partial charge is 0.301 e. The molecule has 2 aliphatic rings. The summed E-state index contributed by atoms with van der Waals surface area (Å²) in [4.78, 5) is 4.72. The van der Waals surface area contributed by atoms with Crippen LogP contribution in [0.2, 0.25) is 0 Å². The molecule has 2 nitrogen and oxygen atoms in total. The van der Waals surface area contributed by atoms with Crippen molar-refractivity contribution in [1.29, 1.82) is 0 Å². The molecule has 0 bridgehead atoms. The van der Waals surface area contributed by atoms with Crippen molar-refractivity contribution in [2.24, 2.45) is 5.92 Å². The first-order chi connectivity index (χ1) is 29.2. The maximum absolute atomic E-state index is 2.47. The van der Waals surface area contributed by atoms with Gasteiger partial charge in [0, 0.05) is 29.0 Å². The van der Waals surface area contributed by atoms with E-state index in [0.717, 1.165) is 6.42 Å². The standard InChI is InChI=1S/2C28H30NP.Fe/c2*1-21-13-8-10-18-25(21)30(26-19-11-9-14-22(26)2)27-20-12-17-24(27)28(29(3)4)23-15-6-5-7-16-23;/h5-11,13-20,28H,12H2,1-4H3;5-20,24,28H,1-4H3;/t28-;24?,28-;/m11./s1. The van der Waals surface area contributed by atoms with Gasteiger partial charge < -0.3 is 4.90 Å². The number of aryl methyl sites for hydroxylation is 4. The number of hydrogen-bond donors (Lipinski definition) is 0. The van der Waals surface area contributed by atoms with Crippen LogP contribution in [0.3, 0.4) is 0 Å². The Morgan fingerprint density at radius 1 is 0.475 bits per heavy atom. The fourth-order valence-corrected chi connectivity index (χ4v) is 14.7. The average molecular weight is 879 g/mol. The van der Waals surface area contributed by atoms with E-state index in [1.54, 1.807) is 0 Å². The summed E-state index contributed by atoms with van der Waals surface area (Å²) in [6.45, 7) is 9.01. The van der Waals surface area contributed by atoms with Gasteiger partial charge in [0.15, 0.2) is 0 Å². The van der Waals surface area contributed by atoms with E-state index >= 15 is 0 Å². The maximum Gasteiger partial charge on any atom is 0.0600 e. The third kappa shape index (κ3) is 10.4. The van der Waals surface area contributed by atoms with E-state index < -0.39 is 15.8 Å². The van der Waals surface area contributed by atoms with Crippen LogP contribution in [0.15, 0.2) is 204 Å². The molecule has 0 spiro atoms. The zero-order valence-corrected chi connectivity index (χ0v) is 39.9. The van der Waals surface area contributed by atoms with Gasteiger partial charge in [-0.15, -0.1) is 0 Å². The minimum Gasteiger partial charge on any atom is -0.301 e. The zero-order chi connectivity index (χ0) is 42.2. The minimum atomic E-state index is -0.614. The molecule has 312 valence electrons. The van der Waals surface area contributed by atoms with Gasteiger partial charge in [-0.3, -0.25) is 4.90 Å². The maximum atomic E-state index is 2.47. The van der Waals surface area contributed by atoms with Crippen molar-refractivity contribution in [3.63, 3.8) is 0 Å². The fourth-order valence-electron chi connectivity index (χ4n) is 8.89. The molecule has 0 saturated heterocycles. The van der Waals surface area contributed by atoms with Gasteiger partial charge in [0.25, 0.3) is 0 Å². The van der Waals surface area contributed by atoms with E-state index in [0.29, 0.717) is 12.0 Å². The summed E-state index contributed by atoms with van der Waals surface area (Å²) in [6.07, 6.45) is 13.0. The van der Waals surface area contributed by atoms with Crippen LogP contribution < -0.4 is 21.2 Å². The van der Waals surface area contributed by atoms with E-state index in [-0.39, 0.29) is 23.1 Å². The molecule has 0 saturated carbocycles. The Morgan fingerprint density at radius 3 is 1.31 bits per heavy atom. The Bertz CT molecular complexity index is 2410. The second-order valence-electron chi connectivity index (χ2n) is 16.4. The molecule has 0 aromatic heterocycles. The number of rotatable bonds is 12. The molecule has 0 aliphatic heterocycles. The molecule has 8 rings (SSSR count). The molecule has 0 heterocycles. The van der Waals surface area contributed by atoms with Crippen LogP contribution in [0.25, 0.3) is 0 Å². The second-order valence-corrected chi connectivity index (χ2v) is 20.7. The van der Waals surface area contributed by atoms with Crippen molar-refractivity contribution in [2.75, 3.05) is 28.2 Å². The molecule has 2 aliphatic carbocycles. The molecule has 1 unspecified atom stereocenters. The van der Waals surface area contributed by atoms with Gasteiger partial charge >= 0.3 is 0 Å². The Morgan fingerprint density at radius 2 is 0.885 bits per heavy atom. The summed E-state index contributed by atoms with van der Waals surface area (Å²) in [7, 11) is 7.56. The van der Waals surface area contributed by atoms with Crippen LogP contribution in [0.5, 0.6) is 0 Å². The van der Waals surface area contributed by atoms with Crippen molar-refractivity contribution in [2.45, 2.75) is 46.2 Å². The average Bonchev–Trinajstić information content (AvgIpc) is 3.92. The van der Waals surface area contributed by atoms with E-state index in [1.165, 1.54) is 70.8 Å². The van der Waals surface area contributed by atoms with E-state index in [2.05, 4.69) is 254 Å². The summed E-state index contributed by atoms with van der Waals surface area (Å²) in [6, 6.07) is 58.1. The summed E-state index contributed by atoms with van der Waals surface area (Å²) in [5, 5.41) is 8.91. The number of likely N-dealkylation sites (N-methyl/N-ethyl adjacent to an activating group) is 1. The minimum absolute atomic E-state index is 0. The van der Waals surface area contributed by atoms with Gasteiger partial charge in [-0.25, -0.2) is 0 Å². The Balaban J connectivity index is 0.000000201. The smallest absolute Gasteiger partial charge is 0.0600 e. The molecule has 3 atom stereocenters. The van der Waals surface area contributed by atoms with Gasteiger partial charge in [-0.2, -0.15) is 0 Å². The molecule has 5 heteroatoms. The number of nitrogens with zero attached hydrogens (tertiary/aromatic N) is 2. The van der Waals surface area contributed by atoms with Crippen molar-refractivity contribution in [1.82, 2.24) is 9.80 Å². The number of hydrogen-bond acceptors (Lipinski definition) is 2. The predicted octanol–water partition coefficient (Wildman–Crippen LogP) is 12.4. The Labute approximate surface area is 379 Å². The van der Waals surface area contributed by atoms with Crippen LogP contribution in [-0.4, -0.2) is 38.0 Å². The Kier molecular flexibility index (Phi) is 16.3. The Hall–Kier alpha value is -4.42. The van der Waals surface area contributed by atoms with Crippen LogP contribution in [0, 0.1) is 33.6 Å². The first-order valence-corrected chi connectivity index (χ1v) is 23.9. The van der Waals surface area contributed by atoms with Gasteiger partial charge in [0.1, 0.15) is 0 Å². The van der Waals surface area contributed by atoms with Crippen LogP contribution in [0.4, 0.5) is 0 Å².